The van der Waals surface area contributed by atoms with Gasteiger partial charge in [-0.25, -0.2) is 9.29 Å². The van der Waals surface area contributed by atoms with E-state index in [9.17, 15) is 13.2 Å². The molecule has 1 aliphatic rings. The van der Waals surface area contributed by atoms with Crippen LogP contribution in [0.15, 0.2) is 72.8 Å². The molecule has 0 bridgehead atoms. The number of fused-ring (bicyclic) bond motifs is 1. The maximum Gasteiger partial charge on any atom is 0.456 e. The Balaban J connectivity index is 1.14. The van der Waals surface area contributed by atoms with Crippen LogP contribution in [0.2, 0.25) is 10.0 Å². The van der Waals surface area contributed by atoms with E-state index in [1.165, 1.54) is 13.5 Å². The average Bonchev–Trinajstić information content (AvgIpc) is 3.20. The number of hydrogen-bond acceptors (Lipinski definition) is 12. The van der Waals surface area contributed by atoms with Gasteiger partial charge in [0.25, 0.3) is 0 Å². The van der Waals surface area contributed by atoms with Gasteiger partial charge < -0.3 is 37.9 Å². The predicted octanol–water partition coefficient (Wildman–Crippen LogP) is 10.2. The summed E-state index contributed by atoms with van der Waals surface area (Å²) < 4.78 is 79.4. The first-order valence-electron chi connectivity index (χ1n) is 18.8. The minimum Gasteiger partial charge on any atom is -0.475 e. The van der Waals surface area contributed by atoms with E-state index in [1.807, 2.05) is 66.7 Å². The molecule has 0 saturated carbocycles. The second-order valence-corrected chi connectivity index (χ2v) is 16.5. The lowest BCUT2D eigenvalue weighted by Gasteiger charge is -2.32. The summed E-state index contributed by atoms with van der Waals surface area (Å²) in [5, 5.41) is 5.78. The third kappa shape index (κ3) is 16.9. The highest BCUT2D eigenvalue weighted by atomic mass is 127. The van der Waals surface area contributed by atoms with Crippen molar-refractivity contribution < 1.29 is 45.8 Å². The number of piperidine rings is 1. The Morgan fingerprint density at radius 3 is 1.67 bits per heavy atom. The molecule has 2 heterocycles. The van der Waals surface area contributed by atoms with Crippen molar-refractivity contribution in [2.75, 3.05) is 97.7 Å². The van der Waals surface area contributed by atoms with Gasteiger partial charge in [0.05, 0.1) is 87.4 Å². The van der Waals surface area contributed by atoms with E-state index < -0.39 is 5.51 Å². The molecule has 4 aromatic rings. The van der Waals surface area contributed by atoms with Crippen molar-refractivity contribution in [2.24, 2.45) is 0 Å². The normalized spacial score (nSPS) is 14.1. The van der Waals surface area contributed by atoms with Crippen molar-refractivity contribution in [1.29, 1.82) is 0 Å². The van der Waals surface area contributed by atoms with Gasteiger partial charge in [0.15, 0.2) is 0 Å². The molecule has 0 amide bonds. The topological polar surface area (TPSA) is 92.8 Å². The zero-order valence-corrected chi connectivity index (χ0v) is 37.0. The van der Waals surface area contributed by atoms with Crippen LogP contribution >= 0.6 is 65.6 Å². The number of pyridine rings is 1. The third-order valence-corrected chi connectivity index (χ3v) is 11.3. The zero-order chi connectivity index (χ0) is 41.0. The molecule has 318 valence electrons. The smallest absolute Gasteiger partial charge is 0.456 e. The Bertz CT molecular complexity index is 1740. The van der Waals surface area contributed by atoms with Crippen molar-refractivity contribution in [3.63, 3.8) is 0 Å². The minimum absolute atomic E-state index is 0.0435. The number of aromatic nitrogens is 1. The molecule has 18 heteroatoms. The highest BCUT2D eigenvalue weighted by Gasteiger charge is 2.34. The Kier molecular flexibility index (Phi) is 21.1. The van der Waals surface area contributed by atoms with Gasteiger partial charge in [0.1, 0.15) is 6.61 Å². The van der Waals surface area contributed by atoms with E-state index in [0.717, 1.165) is 27.8 Å². The van der Waals surface area contributed by atoms with Crippen LogP contribution in [0, 0.1) is 0 Å². The van der Waals surface area contributed by atoms with Crippen LogP contribution in [-0.2, 0) is 27.9 Å². The number of anilines is 1. The molecule has 1 aliphatic heterocycles. The van der Waals surface area contributed by atoms with Gasteiger partial charge in [-0.1, -0.05) is 53.5 Å². The third-order valence-electron chi connectivity index (χ3n) is 8.92. The summed E-state index contributed by atoms with van der Waals surface area (Å²) in [6, 6.07) is 23.5. The lowest BCUT2D eigenvalue weighted by atomic mass is 9.84. The number of benzene rings is 3. The molecular formula is C40H47Cl2F3IN3O7S2. The number of hydrogen-bond donors (Lipinski definition) is 1. The van der Waals surface area contributed by atoms with Gasteiger partial charge in [0, 0.05) is 85.4 Å². The van der Waals surface area contributed by atoms with E-state index in [0.29, 0.717) is 120 Å². The first-order chi connectivity index (χ1) is 28.2. The molecule has 5 rings (SSSR count). The molecule has 0 spiro atoms. The van der Waals surface area contributed by atoms with Crippen LogP contribution in [0.1, 0.15) is 35.4 Å². The summed E-state index contributed by atoms with van der Waals surface area (Å²) in [5.41, 5.74) is 0.316. The number of ether oxygens (including phenoxy) is 6. The summed E-state index contributed by atoms with van der Waals surface area (Å²) in [7, 11) is 1.29. The monoisotopic (exact) mass is 999 g/mol. The minimum atomic E-state index is -4.31. The number of alkyl halides is 3. The van der Waals surface area contributed by atoms with E-state index >= 15 is 0 Å². The molecule has 58 heavy (non-hydrogen) atoms. The van der Waals surface area contributed by atoms with Crippen LogP contribution < -0.4 is 10.1 Å². The number of nitrogens with one attached hydrogen (secondary N) is 1. The second kappa shape index (κ2) is 25.8. The predicted molar refractivity (Wildman–Crippen MR) is 235 cm³/mol. The molecule has 1 fully saturated rings. The summed E-state index contributed by atoms with van der Waals surface area (Å²) >= 11 is 14.5. The quantitative estimate of drug-likeness (QED) is 0.0214. The fraction of sp³-hybridized carbons (Fsp3) is 0.475. The highest BCUT2D eigenvalue weighted by molar-refractivity contribution is 14.2. The van der Waals surface area contributed by atoms with E-state index in [-0.39, 0.29) is 30.5 Å². The first kappa shape index (κ1) is 47.2. The number of nitrogens with zero attached hydrogens (tertiary/aromatic N) is 2. The summed E-state index contributed by atoms with van der Waals surface area (Å²) in [5.74, 6) is 0.277. The molecule has 0 atom stereocenters. The molecule has 1 saturated heterocycles. The van der Waals surface area contributed by atoms with Gasteiger partial charge >= 0.3 is 5.51 Å². The standard InChI is InChI=1S/C40H47Cl2F3IN3O7S2/c41-32-6-1-29(2-7-32)39(30-3-8-33(42)9-4-30)31-5-10-36-35(27-31)37(47-34-11-13-49(14-12-34)57-40(43,44)45)28-38(48-36)55-25-23-53-21-19-51-17-15-50-16-18-52-20-22-54-24-26-56-58-46/h1-10,27-28,34,39H,11-26H2,(H,47,48). The van der Waals surface area contributed by atoms with Crippen LogP contribution in [-0.4, -0.2) is 113 Å². The van der Waals surface area contributed by atoms with Crippen LogP contribution in [0.3, 0.4) is 0 Å². The molecular weight excluding hydrogens is 953 g/mol. The van der Waals surface area contributed by atoms with Gasteiger partial charge in [-0.3, -0.25) is 0 Å². The highest BCUT2D eigenvalue weighted by Crippen LogP contribution is 2.38. The number of rotatable bonds is 26. The van der Waals surface area contributed by atoms with Gasteiger partial charge in [-0.2, -0.15) is 13.2 Å². The molecule has 10 nitrogen and oxygen atoms in total. The Morgan fingerprint density at radius 2 is 1.17 bits per heavy atom. The number of halogens is 6. The zero-order valence-electron chi connectivity index (χ0n) is 31.7. The first-order valence-corrected chi connectivity index (χ1v) is 23.6. The Labute approximate surface area is 368 Å². The molecule has 0 unspecified atom stereocenters. The van der Waals surface area contributed by atoms with Gasteiger partial charge in [-0.05, 0) is 65.9 Å². The van der Waals surface area contributed by atoms with Gasteiger partial charge in [0.2, 0.25) is 5.88 Å². The summed E-state index contributed by atoms with van der Waals surface area (Å²) in [6.07, 6.45) is 1.09. The van der Waals surface area contributed by atoms with Crippen molar-refractivity contribution in [1.82, 2.24) is 9.29 Å². The fourth-order valence-electron chi connectivity index (χ4n) is 6.25. The summed E-state index contributed by atoms with van der Waals surface area (Å²) in [4.78, 5) is 4.82. The molecule has 1 aromatic heterocycles. The average molecular weight is 1000 g/mol. The summed E-state index contributed by atoms with van der Waals surface area (Å²) in [6.45, 7) is 5.95. The molecule has 0 aliphatic carbocycles. The van der Waals surface area contributed by atoms with Crippen LogP contribution in [0.4, 0.5) is 18.9 Å². The van der Waals surface area contributed by atoms with E-state index in [1.54, 1.807) is 0 Å². The largest absolute Gasteiger partial charge is 0.475 e. The fourth-order valence-corrected chi connectivity index (χ4v) is 7.86. The Hall–Kier alpha value is -1.81. The van der Waals surface area contributed by atoms with Gasteiger partial charge in [-0.15, -0.1) is 0 Å². The van der Waals surface area contributed by atoms with Crippen molar-refractivity contribution in [3.05, 3.63) is 99.5 Å². The maximum absolute atomic E-state index is 13.1. The van der Waals surface area contributed by atoms with Crippen molar-refractivity contribution in [2.45, 2.75) is 30.3 Å². The maximum atomic E-state index is 13.1. The molecule has 3 aromatic carbocycles. The van der Waals surface area contributed by atoms with E-state index in [2.05, 4.69) is 32.6 Å². The lowest BCUT2D eigenvalue weighted by molar-refractivity contribution is -0.0366. The lowest BCUT2D eigenvalue weighted by Crippen LogP contribution is -2.37. The van der Waals surface area contributed by atoms with E-state index in [4.69, 9.17) is 60.8 Å². The van der Waals surface area contributed by atoms with Crippen molar-refractivity contribution in [3.8, 4) is 5.88 Å². The SMILES string of the molecule is FC(F)(F)SN1CCC(Nc2cc(OCCOCCOCCOCCOCCOCCOSI)nc3ccc(C(c4ccc(Cl)cc4)c4ccc(Cl)cc4)cc23)CC1. The Morgan fingerprint density at radius 1 is 0.690 bits per heavy atom. The van der Waals surface area contributed by atoms with Crippen LogP contribution in [0.5, 0.6) is 5.88 Å². The van der Waals surface area contributed by atoms with Crippen molar-refractivity contribution >= 4 is 82.2 Å². The second-order valence-electron chi connectivity index (χ2n) is 13.0. The van der Waals surface area contributed by atoms with Crippen LogP contribution in [0.25, 0.3) is 10.9 Å². The molecule has 1 N–H and O–H groups in total. The molecule has 0 radical (unpaired) electrons.